The van der Waals surface area contributed by atoms with Gasteiger partial charge in [-0.3, -0.25) is 13.9 Å². The Morgan fingerprint density at radius 1 is 1.13 bits per heavy atom. The first-order chi connectivity index (χ1) is 18.6. The van der Waals surface area contributed by atoms with Gasteiger partial charge in [0.2, 0.25) is 0 Å². The van der Waals surface area contributed by atoms with Crippen molar-refractivity contribution in [2.24, 2.45) is 13.0 Å². The lowest BCUT2D eigenvalue weighted by Gasteiger charge is -2.41. The second-order valence-corrected chi connectivity index (χ2v) is 11.4. The molecule has 1 saturated heterocycles. The molecule has 0 amide bonds. The Labute approximate surface area is 224 Å². The minimum absolute atomic E-state index is 0.146. The van der Waals surface area contributed by atoms with E-state index in [1.54, 1.807) is 18.6 Å². The van der Waals surface area contributed by atoms with E-state index >= 15 is 0 Å². The second kappa shape index (κ2) is 9.36. The van der Waals surface area contributed by atoms with E-state index in [0.717, 1.165) is 61.0 Å². The van der Waals surface area contributed by atoms with Crippen LogP contribution in [0.1, 0.15) is 74.5 Å². The monoisotopic (exact) mass is 538 g/mol. The first-order valence-electron chi connectivity index (χ1n) is 13.6. The molecule has 2 aliphatic rings. The molecule has 0 bridgehead atoms. The molecule has 39 heavy (non-hydrogen) atoms. The predicted octanol–water partition coefficient (Wildman–Crippen LogP) is 5.50. The highest BCUT2D eigenvalue weighted by atomic mass is 19.4. The number of likely N-dealkylation sites (tertiary alicyclic amines) is 1. The summed E-state index contributed by atoms with van der Waals surface area (Å²) in [6.45, 7) is 5.76. The van der Waals surface area contributed by atoms with Gasteiger partial charge in [-0.15, -0.1) is 10.2 Å². The Morgan fingerprint density at radius 3 is 2.56 bits per heavy atom. The van der Waals surface area contributed by atoms with Gasteiger partial charge in [-0.2, -0.15) is 13.2 Å². The molecule has 206 valence electrons. The molecule has 2 fully saturated rings. The highest BCUT2D eigenvalue weighted by Gasteiger charge is 2.44. The van der Waals surface area contributed by atoms with Gasteiger partial charge in [-0.05, 0) is 74.4 Å². The maximum Gasteiger partial charge on any atom is 0.418 e. The van der Waals surface area contributed by atoms with Crippen molar-refractivity contribution in [3.05, 3.63) is 82.1 Å². The van der Waals surface area contributed by atoms with Gasteiger partial charge in [0.25, 0.3) is 0 Å². The SMILES string of the molecule is C[C@H]1CCCN([C@H](C)c2cc(C(F)(F)F)c3cn(-c4cccc(C5(c6nncn6C)CCC5)c4)c(=O)n3c2)C1. The van der Waals surface area contributed by atoms with Crippen LogP contribution in [-0.2, 0) is 18.6 Å². The first-order valence-corrected chi connectivity index (χ1v) is 13.6. The highest BCUT2D eigenvalue weighted by Crippen LogP contribution is 2.48. The number of imidazole rings is 1. The van der Waals surface area contributed by atoms with E-state index in [-0.39, 0.29) is 17.0 Å². The molecule has 1 aromatic carbocycles. The third-order valence-electron chi connectivity index (χ3n) is 8.84. The average molecular weight is 539 g/mol. The number of fused-ring (bicyclic) bond motifs is 1. The van der Waals surface area contributed by atoms with Gasteiger partial charge in [0, 0.05) is 32.0 Å². The van der Waals surface area contributed by atoms with Gasteiger partial charge in [0.15, 0.2) is 0 Å². The van der Waals surface area contributed by atoms with Crippen LogP contribution in [0.5, 0.6) is 0 Å². The number of hydrogen-bond donors (Lipinski definition) is 0. The summed E-state index contributed by atoms with van der Waals surface area (Å²) in [5.74, 6) is 1.34. The van der Waals surface area contributed by atoms with Gasteiger partial charge in [-0.25, -0.2) is 4.79 Å². The smallest absolute Gasteiger partial charge is 0.320 e. The maximum absolute atomic E-state index is 14.3. The van der Waals surface area contributed by atoms with Crippen molar-refractivity contribution < 1.29 is 13.2 Å². The van der Waals surface area contributed by atoms with Gasteiger partial charge in [0.05, 0.1) is 22.2 Å². The zero-order valence-corrected chi connectivity index (χ0v) is 22.4. The van der Waals surface area contributed by atoms with Gasteiger partial charge in [-0.1, -0.05) is 25.5 Å². The van der Waals surface area contributed by atoms with Crippen molar-refractivity contribution in [1.29, 1.82) is 0 Å². The lowest BCUT2D eigenvalue weighted by atomic mass is 9.63. The predicted molar refractivity (Wildman–Crippen MR) is 142 cm³/mol. The number of rotatable bonds is 5. The Kier molecular flexibility index (Phi) is 6.21. The van der Waals surface area contributed by atoms with E-state index in [4.69, 9.17) is 0 Å². The van der Waals surface area contributed by atoms with E-state index in [9.17, 15) is 18.0 Å². The molecular formula is C29H33F3N6O. The molecule has 0 radical (unpaired) electrons. The van der Waals surface area contributed by atoms with Crippen LogP contribution in [0.2, 0.25) is 0 Å². The van der Waals surface area contributed by atoms with Crippen molar-refractivity contribution in [3.8, 4) is 5.69 Å². The molecule has 1 aliphatic heterocycles. The maximum atomic E-state index is 14.3. The van der Waals surface area contributed by atoms with Crippen LogP contribution >= 0.6 is 0 Å². The lowest BCUT2D eigenvalue weighted by molar-refractivity contribution is -0.136. The Morgan fingerprint density at radius 2 is 1.92 bits per heavy atom. The van der Waals surface area contributed by atoms with Gasteiger partial charge in [0.1, 0.15) is 12.2 Å². The molecule has 6 rings (SSSR count). The number of pyridine rings is 1. The van der Waals surface area contributed by atoms with Gasteiger partial charge < -0.3 is 4.57 Å². The van der Waals surface area contributed by atoms with Gasteiger partial charge >= 0.3 is 11.9 Å². The molecule has 2 atom stereocenters. The summed E-state index contributed by atoms with van der Waals surface area (Å²) in [7, 11) is 1.91. The largest absolute Gasteiger partial charge is 0.418 e. The summed E-state index contributed by atoms with van der Waals surface area (Å²) >= 11 is 0. The number of benzene rings is 1. The summed E-state index contributed by atoms with van der Waals surface area (Å²) in [5, 5.41) is 8.42. The minimum atomic E-state index is -4.60. The number of aromatic nitrogens is 5. The van der Waals surface area contributed by atoms with E-state index < -0.39 is 17.4 Å². The molecule has 3 aromatic heterocycles. The third-order valence-corrected chi connectivity index (χ3v) is 8.84. The van der Waals surface area contributed by atoms with Crippen LogP contribution < -0.4 is 5.69 Å². The van der Waals surface area contributed by atoms with E-state index in [1.165, 1.54) is 16.8 Å². The first kappa shape index (κ1) is 25.9. The molecule has 1 saturated carbocycles. The summed E-state index contributed by atoms with van der Waals surface area (Å²) in [4.78, 5) is 15.9. The molecule has 0 unspecified atom stereocenters. The van der Waals surface area contributed by atoms with E-state index in [2.05, 4.69) is 22.0 Å². The fourth-order valence-electron chi connectivity index (χ4n) is 6.48. The number of halogens is 3. The standard InChI is InChI=1S/C29H33F3N6O/c1-19-7-5-12-36(15-19)20(2)21-13-24(29(30,31)32)25-17-37(27(39)38(25)16-21)23-9-4-8-22(14-23)28(10-6-11-28)26-34-33-18-35(26)3/h4,8-9,13-14,16-20H,5-7,10-12,15H2,1-3H3/t19-,20+/m0/s1. The zero-order valence-electron chi connectivity index (χ0n) is 22.4. The van der Waals surface area contributed by atoms with E-state index in [0.29, 0.717) is 17.2 Å². The molecule has 0 N–H and O–H groups in total. The van der Waals surface area contributed by atoms with Crippen LogP contribution in [0.4, 0.5) is 13.2 Å². The molecule has 4 heterocycles. The fraction of sp³-hybridized carbons (Fsp3) is 0.483. The van der Waals surface area contributed by atoms with Crippen LogP contribution in [0.3, 0.4) is 0 Å². The topological polar surface area (TPSA) is 60.4 Å². The Balaban J connectivity index is 1.46. The summed E-state index contributed by atoms with van der Waals surface area (Å²) in [6, 6.07) is 8.50. The van der Waals surface area contributed by atoms with E-state index in [1.807, 2.05) is 36.7 Å². The van der Waals surface area contributed by atoms with Crippen LogP contribution in [0.25, 0.3) is 11.2 Å². The quantitative estimate of drug-likeness (QED) is 0.337. The Hall–Kier alpha value is -3.40. The fourth-order valence-corrected chi connectivity index (χ4v) is 6.48. The number of alkyl halides is 3. The molecule has 7 nitrogen and oxygen atoms in total. The Bertz CT molecular complexity index is 1580. The lowest BCUT2D eigenvalue weighted by Crippen LogP contribution is -2.38. The molecule has 4 aromatic rings. The zero-order chi connectivity index (χ0) is 27.5. The molecule has 10 heteroatoms. The minimum Gasteiger partial charge on any atom is -0.320 e. The van der Waals surface area contributed by atoms with Crippen LogP contribution in [0.15, 0.2) is 53.8 Å². The summed E-state index contributed by atoms with van der Waals surface area (Å²) < 4.78 is 47.4. The highest BCUT2D eigenvalue weighted by molar-refractivity contribution is 5.58. The number of piperidine rings is 1. The summed E-state index contributed by atoms with van der Waals surface area (Å²) in [6.07, 6.45) is 4.94. The normalized spacial score (nSPS) is 20.7. The van der Waals surface area contributed by atoms with Crippen molar-refractivity contribution in [2.45, 2.75) is 63.6 Å². The number of aryl methyl sites for hydroxylation is 1. The number of nitrogens with zero attached hydrogens (tertiary/aromatic N) is 6. The van der Waals surface area contributed by atoms with Crippen molar-refractivity contribution in [2.75, 3.05) is 13.1 Å². The van der Waals surface area contributed by atoms with Crippen LogP contribution in [-0.4, -0.2) is 41.7 Å². The number of hydrogen-bond acceptors (Lipinski definition) is 4. The van der Waals surface area contributed by atoms with Crippen LogP contribution in [0, 0.1) is 5.92 Å². The second-order valence-electron chi connectivity index (χ2n) is 11.4. The molecule has 1 aliphatic carbocycles. The average Bonchev–Trinajstić information content (AvgIpc) is 3.45. The van der Waals surface area contributed by atoms with Crippen molar-refractivity contribution in [1.82, 2.24) is 28.6 Å². The molecular weight excluding hydrogens is 505 g/mol. The van der Waals surface area contributed by atoms with Crippen molar-refractivity contribution in [3.63, 3.8) is 0 Å². The molecule has 0 spiro atoms. The summed E-state index contributed by atoms with van der Waals surface area (Å²) in [5.41, 5.74) is 0.223. The van der Waals surface area contributed by atoms with Crippen molar-refractivity contribution >= 4 is 5.52 Å². The third kappa shape index (κ3) is 4.29.